The predicted molar refractivity (Wildman–Crippen MR) is 93.6 cm³/mol. The molecule has 1 aliphatic rings. The molecule has 1 fully saturated rings. The van der Waals surface area contributed by atoms with Gasteiger partial charge < -0.3 is 9.42 Å². The molecule has 4 rings (SSSR count). The zero-order valence-electron chi connectivity index (χ0n) is 13.7. The minimum atomic E-state index is 0.515. The average Bonchev–Trinajstić information content (AvgIpc) is 3.13. The summed E-state index contributed by atoms with van der Waals surface area (Å²) in [5, 5.41) is 4.09. The fourth-order valence-corrected chi connectivity index (χ4v) is 3.04. The lowest BCUT2D eigenvalue weighted by Gasteiger charge is -2.32. The van der Waals surface area contributed by atoms with Crippen molar-refractivity contribution in [1.82, 2.24) is 15.1 Å². The quantitative estimate of drug-likeness (QED) is 0.729. The third-order valence-corrected chi connectivity index (χ3v) is 4.63. The van der Waals surface area contributed by atoms with Crippen LogP contribution < -0.4 is 4.90 Å². The first-order chi connectivity index (χ1) is 11.8. The number of pyridine rings is 1. The molecular weight excluding hydrogens is 300 g/mol. The second-order valence-electron chi connectivity index (χ2n) is 6.38. The van der Waals surface area contributed by atoms with Crippen LogP contribution in [0.2, 0.25) is 0 Å². The number of hydrogen-bond acceptors (Lipinski definition) is 5. The van der Waals surface area contributed by atoms with Crippen molar-refractivity contribution in [2.75, 3.05) is 18.0 Å². The summed E-state index contributed by atoms with van der Waals surface area (Å²) in [6, 6.07) is 12.1. The zero-order valence-corrected chi connectivity index (χ0v) is 13.7. The molecular formula is C19H20N4O. The number of nitrogens with zero attached hydrogens (tertiary/aromatic N) is 4. The van der Waals surface area contributed by atoms with E-state index in [2.05, 4.69) is 51.2 Å². The van der Waals surface area contributed by atoms with Crippen LogP contribution in [-0.4, -0.2) is 28.2 Å². The van der Waals surface area contributed by atoms with Gasteiger partial charge in [-0.05, 0) is 55.2 Å². The molecule has 0 atom stereocenters. The summed E-state index contributed by atoms with van der Waals surface area (Å²) < 4.78 is 5.36. The van der Waals surface area contributed by atoms with Gasteiger partial charge >= 0.3 is 0 Å². The number of rotatable bonds is 3. The monoisotopic (exact) mass is 320 g/mol. The van der Waals surface area contributed by atoms with Crippen LogP contribution in [0, 0.1) is 5.92 Å². The van der Waals surface area contributed by atoms with Crippen molar-refractivity contribution in [1.29, 1.82) is 0 Å². The number of hydrogen-bond donors (Lipinski definition) is 0. The van der Waals surface area contributed by atoms with Crippen molar-refractivity contribution in [2.24, 2.45) is 5.92 Å². The van der Waals surface area contributed by atoms with Crippen LogP contribution in [-0.2, 0) is 0 Å². The van der Waals surface area contributed by atoms with E-state index < -0.39 is 0 Å². The maximum Gasteiger partial charge on any atom is 0.258 e. The standard InChI is InChI=1S/C19H20N4O/c1-14-8-12-23(13-9-14)17-4-2-15(3-5-17)18-21-19(24-22-18)16-6-10-20-11-7-16/h2-7,10-11,14H,8-9,12-13H2,1H3. The first kappa shape index (κ1) is 14.9. The summed E-state index contributed by atoms with van der Waals surface area (Å²) in [6.07, 6.45) is 5.96. The van der Waals surface area contributed by atoms with Gasteiger partial charge in [0.05, 0.1) is 0 Å². The highest BCUT2D eigenvalue weighted by Gasteiger charge is 2.16. The predicted octanol–water partition coefficient (Wildman–Crippen LogP) is 4.03. The Morgan fingerprint density at radius 3 is 2.38 bits per heavy atom. The lowest BCUT2D eigenvalue weighted by Crippen LogP contribution is -2.32. The third-order valence-electron chi connectivity index (χ3n) is 4.63. The van der Waals surface area contributed by atoms with E-state index in [0.29, 0.717) is 11.7 Å². The Labute approximate surface area is 141 Å². The Kier molecular flexibility index (Phi) is 3.99. The molecule has 122 valence electrons. The van der Waals surface area contributed by atoms with Gasteiger partial charge in [0.25, 0.3) is 5.89 Å². The molecule has 0 N–H and O–H groups in total. The largest absolute Gasteiger partial charge is 0.372 e. The Morgan fingerprint density at radius 2 is 1.67 bits per heavy atom. The zero-order chi connectivity index (χ0) is 16.4. The van der Waals surface area contributed by atoms with Crippen molar-refractivity contribution < 1.29 is 4.52 Å². The van der Waals surface area contributed by atoms with Gasteiger partial charge in [-0.3, -0.25) is 4.98 Å². The summed E-state index contributed by atoms with van der Waals surface area (Å²) in [4.78, 5) is 10.9. The molecule has 1 aromatic carbocycles. The number of piperidine rings is 1. The minimum Gasteiger partial charge on any atom is -0.372 e. The van der Waals surface area contributed by atoms with E-state index in [4.69, 9.17) is 4.52 Å². The summed E-state index contributed by atoms with van der Waals surface area (Å²) in [5.74, 6) is 1.97. The highest BCUT2D eigenvalue weighted by Crippen LogP contribution is 2.26. The first-order valence-corrected chi connectivity index (χ1v) is 8.39. The Balaban J connectivity index is 1.52. The number of anilines is 1. The minimum absolute atomic E-state index is 0.515. The van der Waals surface area contributed by atoms with Gasteiger partial charge in [0.1, 0.15) is 0 Å². The lowest BCUT2D eigenvalue weighted by atomic mass is 9.98. The van der Waals surface area contributed by atoms with Crippen LogP contribution in [0.4, 0.5) is 5.69 Å². The molecule has 0 aliphatic carbocycles. The molecule has 5 nitrogen and oxygen atoms in total. The maximum absolute atomic E-state index is 5.36. The molecule has 1 aliphatic heterocycles. The topological polar surface area (TPSA) is 55.1 Å². The van der Waals surface area contributed by atoms with Crippen LogP contribution in [0.25, 0.3) is 22.8 Å². The molecule has 0 unspecified atom stereocenters. The van der Waals surface area contributed by atoms with Gasteiger partial charge in [-0.25, -0.2) is 0 Å². The summed E-state index contributed by atoms with van der Waals surface area (Å²) in [6.45, 7) is 4.60. The molecule has 0 spiro atoms. The van der Waals surface area contributed by atoms with Gasteiger partial charge in [-0.15, -0.1) is 0 Å². The van der Waals surface area contributed by atoms with Crippen molar-refractivity contribution in [3.63, 3.8) is 0 Å². The third kappa shape index (κ3) is 3.02. The SMILES string of the molecule is CC1CCN(c2ccc(-c3noc(-c4ccncc4)n3)cc2)CC1. The molecule has 3 aromatic rings. The van der Waals surface area contributed by atoms with Crippen molar-refractivity contribution >= 4 is 5.69 Å². The van der Waals surface area contributed by atoms with Gasteiger partial charge in [-0.2, -0.15) is 4.98 Å². The highest BCUT2D eigenvalue weighted by molar-refractivity contribution is 5.62. The van der Waals surface area contributed by atoms with E-state index >= 15 is 0 Å². The van der Waals surface area contributed by atoms with E-state index in [-0.39, 0.29) is 0 Å². The fraction of sp³-hybridized carbons (Fsp3) is 0.316. The molecule has 5 heteroatoms. The van der Waals surface area contributed by atoms with Crippen LogP contribution in [0.5, 0.6) is 0 Å². The van der Waals surface area contributed by atoms with Crippen LogP contribution in [0.15, 0.2) is 53.3 Å². The summed E-state index contributed by atoms with van der Waals surface area (Å²) >= 11 is 0. The molecule has 0 saturated carbocycles. The summed E-state index contributed by atoms with van der Waals surface area (Å²) in [5.41, 5.74) is 3.11. The molecule has 24 heavy (non-hydrogen) atoms. The van der Waals surface area contributed by atoms with Crippen LogP contribution >= 0.6 is 0 Å². The molecule has 1 saturated heterocycles. The number of benzene rings is 1. The van der Waals surface area contributed by atoms with Crippen molar-refractivity contribution in [2.45, 2.75) is 19.8 Å². The van der Waals surface area contributed by atoms with E-state index in [1.165, 1.54) is 18.5 Å². The van der Waals surface area contributed by atoms with Crippen molar-refractivity contribution in [3.8, 4) is 22.8 Å². The van der Waals surface area contributed by atoms with E-state index in [9.17, 15) is 0 Å². The van der Waals surface area contributed by atoms with E-state index in [0.717, 1.165) is 30.1 Å². The Morgan fingerprint density at radius 1 is 0.958 bits per heavy atom. The van der Waals surface area contributed by atoms with Gasteiger partial charge in [-0.1, -0.05) is 12.1 Å². The maximum atomic E-state index is 5.36. The molecule has 2 aromatic heterocycles. The fourth-order valence-electron chi connectivity index (χ4n) is 3.04. The molecule has 0 bridgehead atoms. The number of aromatic nitrogens is 3. The first-order valence-electron chi connectivity index (χ1n) is 8.39. The van der Waals surface area contributed by atoms with Gasteiger partial charge in [0, 0.05) is 42.3 Å². The lowest BCUT2D eigenvalue weighted by molar-refractivity contribution is 0.432. The Hall–Kier alpha value is -2.69. The van der Waals surface area contributed by atoms with Crippen molar-refractivity contribution in [3.05, 3.63) is 48.8 Å². The normalized spacial score (nSPS) is 15.6. The summed E-state index contributed by atoms with van der Waals surface area (Å²) in [7, 11) is 0. The second-order valence-corrected chi connectivity index (χ2v) is 6.38. The van der Waals surface area contributed by atoms with Crippen LogP contribution in [0.1, 0.15) is 19.8 Å². The molecule has 3 heterocycles. The van der Waals surface area contributed by atoms with Crippen LogP contribution in [0.3, 0.4) is 0 Å². The van der Waals surface area contributed by atoms with Gasteiger partial charge in [0.2, 0.25) is 5.82 Å². The van der Waals surface area contributed by atoms with E-state index in [1.807, 2.05) is 12.1 Å². The van der Waals surface area contributed by atoms with Gasteiger partial charge in [0.15, 0.2) is 0 Å². The average molecular weight is 320 g/mol. The molecule has 0 amide bonds. The molecule has 0 radical (unpaired) electrons. The second kappa shape index (κ2) is 6.43. The highest BCUT2D eigenvalue weighted by atomic mass is 16.5. The smallest absolute Gasteiger partial charge is 0.258 e. The van der Waals surface area contributed by atoms with E-state index in [1.54, 1.807) is 12.4 Å². The Bertz CT molecular complexity index is 790.